The highest BCUT2D eigenvalue weighted by Crippen LogP contribution is 2.44. The molecule has 0 saturated carbocycles. The zero-order valence-electron chi connectivity index (χ0n) is 20.9. The van der Waals surface area contributed by atoms with Crippen molar-refractivity contribution >= 4 is 39.3 Å². The first-order valence-electron chi connectivity index (χ1n) is 12.5. The number of rotatable bonds is 12. The Bertz CT molecular complexity index is 1300. The van der Waals surface area contributed by atoms with Gasteiger partial charge >= 0.3 is 0 Å². The number of nitrogens with one attached hydrogen (secondary N) is 1. The molecule has 8 heteroatoms. The van der Waals surface area contributed by atoms with Gasteiger partial charge in [-0.1, -0.05) is 63.9 Å². The summed E-state index contributed by atoms with van der Waals surface area (Å²) in [6, 6.07) is 22.6. The predicted octanol–water partition coefficient (Wildman–Crippen LogP) is 6.06. The van der Waals surface area contributed by atoms with Crippen LogP contribution in [-0.4, -0.2) is 42.2 Å². The number of halogens is 2. The summed E-state index contributed by atoms with van der Waals surface area (Å²) in [5.41, 5.74) is 1.34. The summed E-state index contributed by atoms with van der Waals surface area (Å²) in [6.07, 6.45) is 2.51. The fourth-order valence-electron chi connectivity index (χ4n) is 4.37. The van der Waals surface area contributed by atoms with E-state index in [2.05, 4.69) is 27.8 Å². The minimum absolute atomic E-state index is 0.0751. The molecule has 0 spiro atoms. The fourth-order valence-corrected chi connectivity index (χ4v) is 5.07. The zero-order chi connectivity index (χ0) is 27.0. The summed E-state index contributed by atoms with van der Waals surface area (Å²) >= 11 is 9.74. The van der Waals surface area contributed by atoms with Crippen LogP contribution in [0.15, 0.2) is 94.9 Å². The van der Waals surface area contributed by atoms with Crippen LogP contribution in [0.25, 0.3) is 0 Å². The van der Waals surface area contributed by atoms with E-state index in [1.54, 1.807) is 6.08 Å². The van der Waals surface area contributed by atoms with Crippen molar-refractivity contribution in [3.8, 4) is 5.75 Å². The van der Waals surface area contributed by atoms with Gasteiger partial charge in [0.05, 0.1) is 6.61 Å². The first kappa shape index (κ1) is 27.9. The van der Waals surface area contributed by atoms with E-state index in [1.807, 2.05) is 72.8 Å². The van der Waals surface area contributed by atoms with E-state index < -0.39 is 11.6 Å². The van der Waals surface area contributed by atoms with Gasteiger partial charge in [0.25, 0.3) is 5.91 Å². The Labute approximate surface area is 236 Å². The van der Waals surface area contributed by atoms with Crippen LogP contribution in [0.2, 0.25) is 5.02 Å². The summed E-state index contributed by atoms with van der Waals surface area (Å²) in [5, 5.41) is 12.7. The Morgan fingerprint density at radius 2 is 1.97 bits per heavy atom. The van der Waals surface area contributed by atoms with Crippen molar-refractivity contribution in [3.63, 3.8) is 0 Å². The third kappa shape index (κ3) is 6.46. The lowest BCUT2D eigenvalue weighted by Gasteiger charge is -2.30. The highest BCUT2D eigenvalue weighted by molar-refractivity contribution is 9.10. The maximum Gasteiger partial charge on any atom is 0.252 e. The molecule has 198 valence electrons. The molecule has 0 aromatic heterocycles. The van der Waals surface area contributed by atoms with Gasteiger partial charge in [0, 0.05) is 46.6 Å². The molecule has 4 rings (SSSR count). The molecule has 0 fully saturated rings. The standard InChI is InChI=1S/C30H30BrClN2O4/c1-2-16-30(29(36)33-17-15-21-7-5-8-23(32)20-21)27(25-9-3-4-10-26(25)31)38-28(34-30)22-11-13-24(14-12-22)37-19-6-18-35/h2-5,7-14,20,27,35H,1,6,15-19H2,(H,33,36)/t27-,30-/m1/s1. The molecule has 1 aliphatic heterocycles. The van der Waals surface area contributed by atoms with Crippen LogP contribution in [0, 0.1) is 0 Å². The van der Waals surface area contributed by atoms with E-state index in [9.17, 15) is 4.79 Å². The number of nitrogens with zero attached hydrogens (tertiary/aromatic N) is 1. The molecule has 1 aliphatic rings. The number of benzene rings is 3. The van der Waals surface area contributed by atoms with Crippen LogP contribution in [-0.2, 0) is 16.0 Å². The van der Waals surface area contributed by atoms with E-state index >= 15 is 0 Å². The topological polar surface area (TPSA) is 80.2 Å². The van der Waals surface area contributed by atoms with E-state index in [-0.39, 0.29) is 18.9 Å². The number of hydrogen-bond donors (Lipinski definition) is 2. The lowest BCUT2D eigenvalue weighted by molar-refractivity contribution is -0.128. The molecule has 2 N–H and O–H groups in total. The van der Waals surface area contributed by atoms with Crippen LogP contribution in [0.5, 0.6) is 5.75 Å². The summed E-state index contributed by atoms with van der Waals surface area (Å²) in [5.74, 6) is 0.818. The largest absolute Gasteiger partial charge is 0.494 e. The van der Waals surface area contributed by atoms with Gasteiger partial charge in [-0.15, -0.1) is 6.58 Å². The first-order chi connectivity index (χ1) is 18.5. The van der Waals surface area contributed by atoms with Crippen LogP contribution < -0.4 is 10.1 Å². The minimum Gasteiger partial charge on any atom is -0.494 e. The quantitative estimate of drug-likeness (QED) is 0.197. The summed E-state index contributed by atoms with van der Waals surface area (Å²) in [7, 11) is 0. The number of amides is 1. The van der Waals surface area contributed by atoms with Gasteiger partial charge in [-0.2, -0.15) is 0 Å². The maximum absolute atomic E-state index is 13.9. The number of carbonyl (C=O) groups is 1. The molecule has 2 atom stereocenters. The van der Waals surface area contributed by atoms with Crippen molar-refractivity contribution < 1.29 is 19.4 Å². The van der Waals surface area contributed by atoms with Crippen LogP contribution in [0.1, 0.15) is 35.6 Å². The van der Waals surface area contributed by atoms with Crippen molar-refractivity contribution in [2.24, 2.45) is 4.99 Å². The Morgan fingerprint density at radius 1 is 1.18 bits per heavy atom. The Morgan fingerprint density at radius 3 is 2.68 bits per heavy atom. The second kappa shape index (κ2) is 13.1. The average molecular weight is 598 g/mol. The molecule has 3 aromatic rings. The number of aliphatic hydroxyl groups excluding tert-OH is 1. The lowest BCUT2D eigenvalue weighted by Crippen LogP contribution is -2.48. The third-order valence-electron chi connectivity index (χ3n) is 6.26. The summed E-state index contributed by atoms with van der Waals surface area (Å²) in [6.45, 7) is 4.84. The Balaban J connectivity index is 1.62. The molecule has 0 radical (unpaired) electrons. The number of aliphatic hydroxyl groups is 1. The SMILES string of the molecule is C=CC[C@@]1(C(=O)NCCc2cccc(Cl)c2)N=C(c2ccc(OCCCO)cc2)O[C@@H]1c1ccccc1Br. The number of hydrogen-bond acceptors (Lipinski definition) is 5. The first-order valence-corrected chi connectivity index (χ1v) is 13.6. The van der Waals surface area contributed by atoms with E-state index in [1.165, 1.54) is 0 Å². The monoisotopic (exact) mass is 596 g/mol. The van der Waals surface area contributed by atoms with Gasteiger partial charge in [-0.3, -0.25) is 4.79 Å². The van der Waals surface area contributed by atoms with Gasteiger partial charge in [0.2, 0.25) is 5.90 Å². The second-order valence-corrected chi connectivity index (χ2v) is 10.2. The van der Waals surface area contributed by atoms with E-state index in [0.29, 0.717) is 42.7 Å². The van der Waals surface area contributed by atoms with Gasteiger partial charge in [0.1, 0.15) is 5.75 Å². The van der Waals surface area contributed by atoms with Crippen LogP contribution >= 0.6 is 27.5 Å². The van der Waals surface area contributed by atoms with E-state index in [4.69, 9.17) is 31.2 Å². The molecule has 6 nitrogen and oxygen atoms in total. The van der Waals surface area contributed by atoms with Gasteiger partial charge in [0.15, 0.2) is 11.6 Å². The normalized spacial score (nSPS) is 18.4. The van der Waals surface area contributed by atoms with Crippen molar-refractivity contribution in [1.29, 1.82) is 0 Å². The molecule has 1 heterocycles. The molecule has 0 aliphatic carbocycles. The van der Waals surface area contributed by atoms with Crippen molar-refractivity contribution in [2.75, 3.05) is 19.8 Å². The molecule has 0 unspecified atom stereocenters. The van der Waals surface area contributed by atoms with Crippen molar-refractivity contribution in [1.82, 2.24) is 5.32 Å². The van der Waals surface area contributed by atoms with Crippen molar-refractivity contribution in [2.45, 2.75) is 30.9 Å². The Hall–Kier alpha value is -3.13. The van der Waals surface area contributed by atoms with Crippen LogP contribution in [0.3, 0.4) is 0 Å². The minimum atomic E-state index is -1.24. The van der Waals surface area contributed by atoms with Crippen molar-refractivity contribution in [3.05, 3.63) is 112 Å². The zero-order valence-corrected chi connectivity index (χ0v) is 23.2. The van der Waals surface area contributed by atoms with Gasteiger partial charge < -0.3 is 19.9 Å². The van der Waals surface area contributed by atoms with Gasteiger partial charge in [-0.05, 0) is 54.4 Å². The molecule has 3 aromatic carbocycles. The molecular weight excluding hydrogens is 568 g/mol. The average Bonchev–Trinajstić information content (AvgIpc) is 3.30. The van der Waals surface area contributed by atoms with Gasteiger partial charge in [-0.25, -0.2) is 4.99 Å². The lowest BCUT2D eigenvalue weighted by atomic mass is 9.84. The molecule has 0 saturated heterocycles. The Kier molecular flexibility index (Phi) is 9.61. The second-order valence-electron chi connectivity index (χ2n) is 8.94. The summed E-state index contributed by atoms with van der Waals surface area (Å²) in [4.78, 5) is 18.8. The van der Waals surface area contributed by atoms with E-state index in [0.717, 1.165) is 21.2 Å². The summed E-state index contributed by atoms with van der Waals surface area (Å²) < 4.78 is 12.9. The number of carbonyl (C=O) groups excluding carboxylic acids is 1. The smallest absolute Gasteiger partial charge is 0.252 e. The highest BCUT2D eigenvalue weighted by Gasteiger charge is 2.52. The molecule has 1 amide bonds. The molecule has 38 heavy (non-hydrogen) atoms. The van der Waals surface area contributed by atoms with Crippen LogP contribution in [0.4, 0.5) is 0 Å². The number of aliphatic imine (C=N–C) groups is 1. The maximum atomic E-state index is 13.9. The third-order valence-corrected chi connectivity index (χ3v) is 7.22. The molecule has 0 bridgehead atoms. The number of ether oxygens (including phenoxy) is 2. The fraction of sp³-hybridized carbons (Fsp3) is 0.267. The molecular formula is C30H30BrClN2O4. The highest BCUT2D eigenvalue weighted by atomic mass is 79.9. The predicted molar refractivity (Wildman–Crippen MR) is 154 cm³/mol.